The molecule has 4 nitrogen and oxygen atoms in total. The molecule has 2 rings (SSSR count). The van der Waals surface area contributed by atoms with Crippen LogP contribution in [-0.2, 0) is 6.54 Å². The molecule has 0 aliphatic heterocycles. The Hall–Kier alpha value is -1.26. The van der Waals surface area contributed by atoms with E-state index in [-0.39, 0.29) is 6.61 Å². The van der Waals surface area contributed by atoms with Crippen molar-refractivity contribution >= 4 is 0 Å². The number of aliphatic hydroxyl groups is 1. The van der Waals surface area contributed by atoms with Gasteiger partial charge in [0.25, 0.3) is 0 Å². The Morgan fingerprint density at radius 1 is 1.37 bits per heavy atom. The van der Waals surface area contributed by atoms with Crippen molar-refractivity contribution in [2.45, 2.75) is 45.4 Å². The van der Waals surface area contributed by atoms with Gasteiger partial charge in [-0.25, -0.2) is 0 Å². The van der Waals surface area contributed by atoms with Gasteiger partial charge in [0.05, 0.1) is 12.7 Å². The standard InChI is InChI=1S/C15H23NO3/c1-3-18-14-6-4-5-12(9-16-13-7-8-13)15(14)19-10-11(2)17/h4-6,11,13,16-17H,3,7-10H2,1-2H3. The average Bonchev–Trinajstić information content (AvgIpc) is 3.19. The molecule has 0 spiro atoms. The highest BCUT2D eigenvalue weighted by Crippen LogP contribution is 2.32. The minimum absolute atomic E-state index is 0.278. The van der Waals surface area contributed by atoms with E-state index in [9.17, 15) is 5.11 Å². The first-order chi connectivity index (χ1) is 9.20. The van der Waals surface area contributed by atoms with Gasteiger partial charge in [-0.15, -0.1) is 0 Å². The molecule has 1 aromatic rings. The predicted octanol–water partition coefficient (Wildman–Crippen LogP) is 2.10. The molecule has 1 unspecified atom stereocenters. The van der Waals surface area contributed by atoms with Gasteiger partial charge >= 0.3 is 0 Å². The molecule has 1 atom stereocenters. The average molecular weight is 265 g/mol. The number of ether oxygens (including phenoxy) is 2. The van der Waals surface area contributed by atoms with Gasteiger partial charge in [0.2, 0.25) is 0 Å². The Morgan fingerprint density at radius 2 is 2.16 bits per heavy atom. The molecule has 2 N–H and O–H groups in total. The lowest BCUT2D eigenvalue weighted by molar-refractivity contribution is 0.119. The molecule has 1 aliphatic rings. The third-order valence-corrected chi connectivity index (χ3v) is 2.99. The van der Waals surface area contributed by atoms with Crippen LogP contribution < -0.4 is 14.8 Å². The van der Waals surface area contributed by atoms with Crippen molar-refractivity contribution in [3.05, 3.63) is 23.8 Å². The van der Waals surface area contributed by atoms with Crippen LogP contribution >= 0.6 is 0 Å². The van der Waals surface area contributed by atoms with Crippen LogP contribution in [0.25, 0.3) is 0 Å². The first kappa shape index (κ1) is 14.2. The summed E-state index contributed by atoms with van der Waals surface area (Å²) in [5, 5.41) is 12.8. The molecule has 0 bridgehead atoms. The summed E-state index contributed by atoms with van der Waals surface area (Å²) in [6.07, 6.45) is 2.03. The maximum atomic E-state index is 9.37. The SMILES string of the molecule is CCOc1cccc(CNC2CC2)c1OCC(C)O. The van der Waals surface area contributed by atoms with E-state index in [4.69, 9.17) is 9.47 Å². The molecule has 0 amide bonds. The number of para-hydroxylation sites is 1. The van der Waals surface area contributed by atoms with E-state index in [1.54, 1.807) is 6.92 Å². The minimum atomic E-state index is -0.487. The van der Waals surface area contributed by atoms with Gasteiger partial charge in [0, 0.05) is 18.2 Å². The fourth-order valence-electron chi connectivity index (χ4n) is 1.88. The summed E-state index contributed by atoms with van der Waals surface area (Å²) in [5.41, 5.74) is 1.08. The summed E-state index contributed by atoms with van der Waals surface area (Å²) in [5.74, 6) is 1.50. The predicted molar refractivity (Wildman–Crippen MR) is 74.6 cm³/mol. The molecule has 106 valence electrons. The molecule has 1 aliphatic carbocycles. The Bertz CT molecular complexity index is 402. The molecule has 19 heavy (non-hydrogen) atoms. The second-order valence-electron chi connectivity index (χ2n) is 4.99. The lowest BCUT2D eigenvalue weighted by Gasteiger charge is -2.17. The monoisotopic (exact) mass is 265 g/mol. The van der Waals surface area contributed by atoms with E-state index >= 15 is 0 Å². The van der Waals surface area contributed by atoms with E-state index in [0.29, 0.717) is 12.6 Å². The first-order valence-electron chi connectivity index (χ1n) is 6.99. The molecule has 0 heterocycles. The van der Waals surface area contributed by atoms with Crippen LogP contribution in [0.1, 0.15) is 32.3 Å². The van der Waals surface area contributed by atoms with Crippen LogP contribution in [0.5, 0.6) is 11.5 Å². The summed E-state index contributed by atoms with van der Waals surface area (Å²) in [4.78, 5) is 0. The van der Waals surface area contributed by atoms with Crippen molar-refractivity contribution in [1.82, 2.24) is 5.32 Å². The van der Waals surface area contributed by atoms with Crippen LogP contribution in [-0.4, -0.2) is 30.5 Å². The van der Waals surface area contributed by atoms with Gasteiger partial charge in [0.1, 0.15) is 6.61 Å². The van der Waals surface area contributed by atoms with E-state index in [0.717, 1.165) is 23.6 Å². The van der Waals surface area contributed by atoms with E-state index in [1.807, 2.05) is 25.1 Å². The molecule has 0 saturated heterocycles. The van der Waals surface area contributed by atoms with Gasteiger partial charge < -0.3 is 19.9 Å². The lowest BCUT2D eigenvalue weighted by Crippen LogP contribution is -2.18. The Labute approximate surface area is 114 Å². The molecule has 1 fully saturated rings. The van der Waals surface area contributed by atoms with Gasteiger partial charge in [-0.3, -0.25) is 0 Å². The number of benzene rings is 1. The Morgan fingerprint density at radius 3 is 2.79 bits per heavy atom. The van der Waals surface area contributed by atoms with Crippen molar-refractivity contribution in [3.63, 3.8) is 0 Å². The maximum Gasteiger partial charge on any atom is 0.165 e. The first-order valence-corrected chi connectivity index (χ1v) is 6.99. The van der Waals surface area contributed by atoms with Crippen molar-refractivity contribution in [2.24, 2.45) is 0 Å². The second kappa shape index (κ2) is 6.78. The smallest absolute Gasteiger partial charge is 0.165 e. The molecule has 1 saturated carbocycles. The summed E-state index contributed by atoms with van der Waals surface area (Å²) >= 11 is 0. The van der Waals surface area contributed by atoms with E-state index < -0.39 is 6.10 Å². The van der Waals surface area contributed by atoms with Gasteiger partial charge in [0.15, 0.2) is 11.5 Å². The van der Waals surface area contributed by atoms with Crippen LogP contribution in [0.4, 0.5) is 0 Å². The van der Waals surface area contributed by atoms with Crippen LogP contribution in [0.2, 0.25) is 0 Å². The summed E-state index contributed by atoms with van der Waals surface area (Å²) in [7, 11) is 0. The number of hydrogen-bond donors (Lipinski definition) is 2. The van der Waals surface area contributed by atoms with Gasteiger partial charge in [-0.05, 0) is 32.8 Å². The fraction of sp³-hybridized carbons (Fsp3) is 0.600. The highest BCUT2D eigenvalue weighted by atomic mass is 16.5. The third kappa shape index (κ3) is 4.40. The van der Waals surface area contributed by atoms with Crippen molar-refractivity contribution in [3.8, 4) is 11.5 Å². The Balaban J connectivity index is 2.10. The number of aliphatic hydroxyl groups excluding tert-OH is 1. The van der Waals surface area contributed by atoms with Crippen molar-refractivity contribution in [1.29, 1.82) is 0 Å². The zero-order valence-corrected chi connectivity index (χ0v) is 11.7. The zero-order valence-electron chi connectivity index (χ0n) is 11.7. The van der Waals surface area contributed by atoms with Crippen LogP contribution in [0, 0.1) is 0 Å². The second-order valence-corrected chi connectivity index (χ2v) is 4.99. The largest absolute Gasteiger partial charge is 0.490 e. The third-order valence-electron chi connectivity index (χ3n) is 2.99. The minimum Gasteiger partial charge on any atom is -0.490 e. The fourth-order valence-corrected chi connectivity index (χ4v) is 1.88. The quantitative estimate of drug-likeness (QED) is 0.756. The molecule has 4 heteroatoms. The van der Waals surface area contributed by atoms with Gasteiger partial charge in [-0.2, -0.15) is 0 Å². The summed E-state index contributed by atoms with van der Waals surface area (Å²) < 4.78 is 11.3. The maximum absolute atomic E-state index is 9.37. The van der Waals surface area contributed by atoms with E-state index in [2.05, 4.69) is 5.32 Å². The van der Waals surface area contributed by atoms with Crippen LogP contribution in [0.15, 0.2) is 18.2 Å². The lowest BCUT2D eigenvalue weighted by atomic mass is 10.2. The molecular weight excluding hydrogens is 242 g/mol. The molecule has 1 aromatic carbocycles. The normalized spacial score (nSPS) is 16.2. The molecule has 0 radical (unpaired) electrons. The van der Waals surface area contributed by atoms with Crippen LogP contribution in [0.3, 0.4) is 0 Å². The molecular formula is C15H23NO3. The number of hydrogen-bond acceptors (Lipinski definition) is 4. The van der Waals surface area contributed by atoms with Crippen molar-refractivity contribution < 1.29 is 14.6 Å². The highest BCUT2D eigenvalue weighted by Gasteiger charge is 2.21. The summed E-state index contributed by atoms with van der Waals surface area (Å²) in [6.45, 7) is 5.32. The molecule has 0 aromatic heterocycles. The van der Waals surface area contributed by atoms with Crippen molar-refractivity contribution in [2.75, 3.05) is 13.2 Å². The topological polar surface area (TPSA) is 50.7 Å². The van der Waals surface area contributed by atoms with E-state index in [1.165, 1.54) is 12.8 Å². The summed E-state index contributed by atoms with van der Waals surface area (Å²) in [6, 6.07) is 6.57. The Kier molecular flexibility index (Phi) is 5.05. The highest BCUT2D eigenvalue weighted by molar-refractivity contribution is 5.46. The number of rotatable bonds is 8. The van der Waals surface area contributed by atoms with Gasteiger partial charge in [-0.1, -0.05) is 12.1 Å². The number of nitrogens with one attached hydrogen (secondary N) is 1. The zero-order chi connectivity index (χ0) is 13.7.